The van der Waals surface area contributed by atoms with E-state index in [-0.39, 0.29) is 30.4 Å². The van der Waals surface area contributed by atoms with Crippen LogP contribution in [0.3, 0.4) is 0 Å². The molecule has 1 aliphatic heterocycles. The summed E-state index contributed by atoms with van der Waals surface area (Å²) in [5.74, 6) is -0.292. The van der Waals surface area contributed by atoms with Crippen molar-refractivity contribution in [3.63, 3.8) is 0 Å². The molecule has 0 unspecified atom stereocenters. The van der Waals surface area contributed by atoms with Gasteiger partial charge in [-0.25, -0.2) is 8.78 Å². The molecular formula is C17H17F2NO. The predicted molar refractivity (Wildman–Crippen MR) is 78.3 cm³/mol. The van der Waals surface area contributed by atoms with Gasteiger partial charge in [0.05, 0.1) is 6.61 Å². The van der Waals surface area contributed by atoms with E-state index in [9.17, 15) is 13.9 Å². The molecule has 1 saturated heterocycles. The van der Waals surface area contributed by atoms with Crippen molar-refractivity contribution in [3.05, 3.63) is 59.9 Å². The van der Waals surface area contributed by atoms with Crippen LogP contribution in [0.5, 0.6) is 0 Å². The van der Waals surface area contributed by atoms with Crippen LogP contribution in [0.4, 0.5) is 8.78 Å². The SMILES string of the molecule is OC[C@@H]1N[C@@H](CF)[C@@H]1c1ccc(-c2ccccc2F)cc1. The number of aliphatic hydroxyl groups is 1. The Balaban J connectivity index is 1.86. The summed E-state index contributed by atoms with van der Waals surface area (Å²) in [7, 11) is 0. The van der Waals surface area contributed by atoms with E-state index >= 15 is 0 Å². The first-order valence-corrected chi connectivity index (χ1v) is 7.02. The summed E-state index contributed by atoms with van der Waals surface area (Å²) in [4.78, 5) is 0. The average Bonchev–Trinajstić information content (AvgIpc) is 2.49. The molecule has 1 heterocycles. The lowest BCUT2D eigenvalue weighted by Crippen LogP contribution is -2.62. The second kappa shape index (κ2) is 5.92. The summed E-state index contributed by atoms with van der Waals surface area (Å²) < 4.78 is 26.6. The zero-order valence-electron chi connectivity index (χ0n) is 11.5. The number of hydrogen-bond acceptors (Lipinski definition) is 2. The Hall–Kier alpha value is -1.78. The molecule has 0 spiro atoms. The molecule has 0 amide bonds. The van der Waals surface area contributed by atoms with Crippen LogP contribution < -0.4 is 5.32 Å². The Morgan fingerprint density at radius 2 is 1.71 bits per heavy atom. The summed E-state index contributed by atoms with van der Waals surface area (Å²) in [5.41, 5.74) is 2.31. The summed E-state index contributed by atoms with van der Waals surface area (Å²) in [6.45, 7) is -0.480. The zero-order chi connectivity index (χ0) is 14.8. The maximum absolute atomic E-state index is 13.8. The minimum atomic E-state index is -0.462. The molecule has 4 heteroatoms. The maximum Gasteiger partial charge on any atom is 0.131 e. The third kappa shape index (κ3) is 2.57. The Morgan fingerprint density at radius 3 is 2.33 bits per heavy atom. The summed E-state index contributed by atoms with van der Waals surface area (Å²) in [5, 5.41) is 12.3. The fourth-order valence-electron chi connectivity index (χ4n) is 3.00. The molecule has 2 nitrogen and oxygen atoms in total. The van der Waals surface area contributed by atoms with Gasteiger partial charge in [-0.1, -0.05) is 42.5 Å². The largest absolute Gasteiger partial charge is 0.395 e. The van der Waals surface area contributed by atoms with Crippen molar-refractivity contribution >= 4 is 0 Å². The quantitative estimate of drug-likeness (QED) is 0.907. The molecule has 2 aromatic rings. The number of hydrogen-bond donors (Lipinski definition) is 2. The monoisotopic (exact) mass is 289 g/mol. The van der Waals surface area contributed by atoms with Crippen LogP contribution in [0, 0.1) is 5.82 Å². The van der Waals surface area contributed by atoms with Gasteiger partial charge in [-0.2, -0.15) is 0 Å². The van der Waals surface area contributed by atoms with Gasteiger partial charge < -0.3 is 10.4 Å². The molecule has 3 atom stereocenters. The van der Waals surface area contributed by atoms with Crippen LogP contribution in [-0.4, -0.2) is 30.5 Å². The Bertz CT molecular complexity index is 604. The first-order valence-electron chi connectivity index (χ1n) is 7.02. The van der Waals surface area contributed by atoms with Crippen molar-refractivity contribution < 1.29 is 13.9 Å². The molecule has 110 valence electrons. The minimum Gasteiger partial charge on any atom is -0.395 e. The molecule has 0 saturated carbocycles. The third-order valence-electron chi connectivity index (χ3n) is 4.14. The molecule has 2 aromatic carbocycles. The third-order valence-corrected chi connectivity index (χ3v) is 4.14. The fourth-order valence-corrected chi connectivity index (χ4v) is 3.00. The number of nitrogens with one attached hydrogen (secondary N) is 1. The summed E-state index contributed by atoms with van der Waals surface area (Å²) in [6.07, 6.45) is 0. The van der Waals surface area contributed by atoms with E-state index in [0.29, 0.717) is 5.56 Å². The van der Waals surface area contributed by atoms with Crippen molar-refractivity contribution in [3.8, 4) is 11.1 Å². The molecule has 0 aromatic heterocycles. The topological polar surface area (TPSA) is 32.3 Å². The van der Waals surface area contributed by atoms with E-state index in [1.54, 1.807) is 18.2 Å². The van der Waals surface area contributed by atoms with Gasteiger partial charge in [0.15, 0.2) is 0 Å². The molecule has 0 bridgehead atoms. The highest BCUT2D eigenvalue weighted by molar-refractivity contribution is 5.64. The Morgan fingerprint density at radius 1 is 1.00 bits per heavy atom. The second-order valence-electron chi connectivity index (χ2n) is 5.34. The Kier molecular flexibility index (Phi) is 3.99. The molecule has 1 aliphatic rings. The number of aliphatic hydroxyl groups excluding tert-OH is 1. The summed E-state index contributed by atoms with van der Waals surface area (Å²) in [6, 6.07) is 13.7. The van der Waals surface area contributed by atoms with E-state index in [0.717, 1.165) is 11.1 Å². The average molecular weight is 289 g/mol. The van der Waals surface area contributed by atoms with Crippen LogP contribution in [0.25, 0.3) is 11.1 Å². The highest BCUT2D eigenvalue weighted by Gasteiger charge is 2.40. The molecule has 0 radical (unpaired) electrons. The molecule has 21 heavy (non-hydrogen) atoms. The number of alkyl halides is 1. The normalized spacial score (nSPS) is 24.6. The van der Waals surface area contributed by atoms with Crippen LogP contribution in [0.15, 0.2) is 48.5 Å². The van der Waals surface area contributed by atoms with E-state index in [1.165, 1.54) is 6.07 Å². The van der Waals surface area contributed by atoms with E-state index in [1.807, 2.05) is 24.3 Å². The zero-order valence-corrected chi connectivity index (χ0v) is 11.5. The molecular weight excluding hydrogens is 272 g/mol. The number of benzene rings is 2. The van der Waals surface area contributed by atoms with Crippen LogP contribution in [-0.2, 0) is 0 Å². The maximum atomic E-state index is 13.8. The van der Waals surface area contributed by atoms with Crippen molar-refractivity contribution in [2.75, 3.05) is 13.3 Å². The lowest BCUT2D eigenvalue weighted by Gasteiger charge is -2.44. The van der Waals surface area contributed by atoms with Gasteiger partial charge in [0.1, 0.15) is 12.5 Å². The second-order valence-corrected chi connectivity index (χ2v) is 5.34. The number of halogens is 2. The van der Waals surface area contributed by atoms with Crippen molar-refractivity contribution in [2.24, 2.45) is 0 Å². The summed E-state index contributed by atoms with van der Waals surface area (Å²) >= 11 is 0. The van der Waals surface area contributed by atoms with Crippen LogP contribution in [0.2, 0.25) is 0 Å². The van der Waals surface area contributed by atoms with E-state index in [2.05, 4.69) is 5.32 Å². The van der Waals surface area contributed by atoms with Crippen LogP contribution >= 0.6 is 0 Å². The molecule has 2 N–H and O–H groups in total. The lowest BCUT2D eigenvalue weighted by atomic mass is 9.78. The smallest absolute Gasteiger partial charge is 0.131 e. The molecule has 3 rings (SSSR count). The first-order chi connectivity index (χ1) is 10.2. The van der Waals surface area contributed by atoms with Gasteiger partial charge >= 0.3 is 0 Å². The lowest BCUT2D eigenvalue weighted by molar-refractivity contribution is 0.112. The fraction of sp³-hybridized carbons (Fsp3) is 0.294. The van der Waals surface area contributed by atoms with Gasteiger partial charge in [0.2, 0.25) is 0 Å². The highest BCUT2D eigenvalue weighted by atomic mass is 19.1. The number of rotatable bonds is 4. The highest BCUT2D eigenvalue weighted by Crippen LogP contribution is 2.33. The van der Waals surface area contributed by atoms with Gasteiger partial charge in [0.25, 0.3) is 0 Å². The standard InChI is InChI=1S/C17H17F2NO/c18-9-15-17(16(10-21)20-15)12-7-5-11(6-8-12)13-3-1-2-4-14(13)19/h1-8,15-17,20-21H,9-10H2/t15-,16-,17-/m0/s1. The first kappa shape index (κ1) is 14.2. The van der Waals surface area contributed by atoms with Gasteiger partial charge in [0, 0.05) is 23.6 Å². The van der Waals surface area contributed by atoms with Gasteiger partial charge in [-0.15, -0.1) is 0 Å². The Labute approximate surface area is 122 Å². The molecule has 1 fully saturated rings. The van der Waals surface area contributed by atoms with Crippen molar-refractivity contribution in [1.29, 1.82) is 0 Å². The van der Waals surface area contributed by atoms with Gasteiger partial charge in [-0.3, -0.25) is 0 Å². The molecule has 0 aliphatic carbocycles. The van der Waals surface area contributed by atoms with E-state index < -0.39 is 6.67 Å². The van der Waals surface area contributed by atoms with Crippen molar-refractivity contribution in [2.45, 2.75) is 18.0 Å². The van der Waals surface area contributed by atoms with Crippen molar-refractivity contribution in [1.82, 2.24) is 5.32 Å². The minimum absolute atomic E-state index is 0.0176. The predicted octanol–water partition coefficient (Wildman–Crippen LogP) is 2.88. The van der Waals surface area contributed by atoms with E-state index in [4.69, 9.17) is 0 Å². The van der Waals surface area contributed by atoms with Crippen LogP contribution in [0.1, 0.15) is 11.5 Å². The van der Waals surface area contributed by atoms with Gasteiger partial charge in [-0.05, 0) is 17.2 Å².